The van der Waals surface area contributed by atoms with E-state index in [1.54, 1.807) is 31.2 Å². The first-order valence-electron chi connectivity index (χ1n) is 8.85. The van der Waals surface area contributed by atoms with Gasteiger partial charge in [-0.1, -0.05) is 6.07 Å². The Labute approximate surface area is 167 Å². The summed E-state index contributed by atoms with van der Waals surface area (Å²) in [7, 11) is 0. The lowest BCUT2D eigenvalue weighted by molar-refractivity contribution is -0.145. The van der Waals surface area contributed by atoms with Crippen molar-refractivity contribution in [3.63, 3.8) is 0 Å². The summed E-state index contributed by atoms with van der Waals surface area (Å²) >= 11 is 1.40. The second-order valence-electron chi connectivity index (χ2n) is 5.76. The quantitative estimate of drug-likeness (QED) is 0.536. The number of fused-ring (bicyclic) bond motifs is 1. The lowest BCUT2D eigenvalue weighted by atomic mass is 10.3. The smallest absolute Gasteiger partial charge is 0.344 e. The average molecular weight is 403 g/mol. The molecule has 0 aromatic heterocycles. The Hall–Kier alpha value is -2.87. The topological polar surface area (TPSA) is 83.1 Å². The molecule has 2 aromatic carbocycles. The van der Waals surface area contributed by atoms with Gasteiger partial charge in [-0.25, -0.2) is 4.79 Å². The van der Waals surface area contributed by atoms with Gasteiger partial charge in [0.05, 0.1) is 12.4 Å². The molecule has 1 aliphatic rings. The molecular weight excluding hydrogens is 382 g/mol. The number of rotatable bonds is 8. The molecule has 0 fully saturated rings. The van der Waals surface area contributed by atoms with Crippen molar-refractivity contribution in [3.8, 4) is 17.2 Å². The van der Waals surface area contributed by atoms with Gasteiger partial charge in [0.15, 0.2) is 18.1 Å². The molecule has 3 rings (SSSR count). The number of carbonyl (C=O) groups is 2. The molecule has 0 unspecified atom stereocenters. The predicted octanol–water partition coefficient (Wildman–Crippen LogP) is 3.13. The standard InChI is InChI=1S/C20H21NO6S/c1-2-24-20(23)12-27-15-5-3-4-14(10-15)21-19(22)13-28-16-6-7-17-18(11-16)26-9-8-25-17/h3-7,10-11H,2,8-9,12-13H2,1H3,(H,21,22). The summed E-state index contributed by atoms with van der Waals surface area (Å²) < 4.78 is 21.2. The number of anilines is 1. The number of carbonyl (C=O) groups excluding carboxylic acids is 2. The predicted molar refractivity (Wildman–Crippen MR) is 105 cm³/mol. The number of amides is 1. The van der Waals surface area contributed by atoms with Crippen LogP contribution in [0, 0.1) is 0 Å². The molecule has 1 aliphatic heterocycles. The highest BCUT2D eigenvalue weighted by molar-refractivity contribution is 8.00. The van der Waals surface area contributed by atoms with E-state index in [-0.39, 0.29) is 18.3 Å². The molecule has 7 nitrogen and oxygen atoms in total. The van der Waals surface area contributed by atoms with E-state index in [9.17, 15) is 9.59 Å². The summed E-state index contributed by atoms with van der Waals surface area (Å²) in [6.45, 7) is 2.93. The molecular formula is C20H21NO6S. The highest BCUT2D eigenvalue weighted by Crippen LogP contribution is 2.34. The van der Waals surface area contributed by atoms with Crippen LogP contribution in [0.1, 0.15) is 6.92 Å². The maximum Gasteiger partial charge on any atom is 0.344 e. The van der Waals surface area contributed by atoms with Crippen LogP contribution < -0.4 is 19.5 Å². The molecule has 28 heavy (non-hydrogen) atoms. The zero-order valence-corrected chi connectivity index (χ0v) is 16.3. The van der Waals surface area contributed by atoms with Crippen molar-refractivity contribution in [2.45, 2.75) is 11.8 Å². The average Bonchev–Trinajstić information content (AvgIpc) is 2.71. The van der Waals surface area contributed by atoms with E-state index in [4.69, 9.17) is 18.9 Å². The maximum absolute atomic E-state index is 12.2. The van der Waals surface area contributed by atoms with E-state index in [0.717, 1.165) is 10.6 Å². The number of hydrogen-bond donors (Lipinski definition) is 1. The summed E-state index contributed by atoms with van der Waals surface area (Å²) in [5.74, 6) is 1.55. The molecule has 1 N–H and O–H groups in total. The van der Waals surface area contributed by atoms with Crippen molar-refractivity contribution in [1.29, 1.82) is 0 Å². The molecule has 0 saturated heterocycles. The lowest BCUT2D eigenvalue weighted by Gasteiger charge is -2.18. The number of esters is 1. The highest BCUT2D eigenvalue weighted by Gasteiger charge is 2.13. The minimum absolute atomic E-state index is 0.151. The van der Waals surface area contributed by atoms with Crippen LogP contribution in [0.25, 0.3) is 0 Å². The van der Waals surface area contributed by atoms with Crippen LogP contribution in [0.15, 0.2) is 47.4 Å². The van der Waals surface area contributed by atoms with Crippen molar-refractivity contribution in [2.24, 2.45) is 0 Å². The third-order valence-electron chi connectivity index (χ3n) is 3.66. The fourth-order valence-corrected chi connectivity index (χ4v) is 3.19. The Morgan fingerprint density at radius 3 is 2.75 bits per heavy atom. The molecule has 8 heteroatoms. The second-order valence-corrected chi connectivity index (χ2v) is 6.81. The van der Waals surface area contributed by atoms with Gasteiger partial charge in [-0.2, -0.15) is 0 Å². The van der Waals surface area contributed by atoms with Crippen LogP contribution in [-0.2, 0) is 14.3 Å². The summed E-state index contributed by atoms with van der Waals surface area (Å²) in [4.78, 5) is 24.5. The molecule has 148 valence electrons. The molecule has 0 atom stereocenters. The fraction of sp³-hybridized carbons (Fsp3) is 0.300. The van der Waals surface area contributed by atoms with Crippen molar-refractivity contribution < 1.29 is 28.5 Å². The maximum atomic E-state index is 12.2. The van der Waals surface area contributed by atoms with Crippen LogP contribution in [0.5, 0.6) is 17.2 Å². The van der Waals surface area contributed by atoms with Gasteiger partial charge in [-0.3, -0.25) is 4.79 Å². The first-order valence-corrected chi connectivity index (χ1v) is 9.83. The van der Waals surface area contributed by atoms with Crippen LogP contribution in [0.4, 0.5) is 5.69 Å². The number of thioether (sulfide) groups is 1. The van der Waals surface area contributed by atoms with Gasteiger partial charge >= 0.3 is 5.97 Å². The first kappa shape index (κ1) is 19.9. The highest BCUT2D eigenvalue weighted by atomic mass is 32.2. The monoisotopic (exact) mass is 403 g/mol. The van der Waals surface area contributed by atoms with Crippen molar-refractivity contribution in [2.75, 3.05) is 37.5 Å². The third kappa shape index (κ3) is 5.82. The van der Waals surface area contributed by atoms with Crippen LogP contribution in [-0.4, -0.2) is 44.1 Å². The normalized spacial score (nSPS) is 12.2. The third-order valence-corrected chi connectivity index (χ3v) is 4.66. The van der Waals surface area contributed by atoms with Gasteiger partial charge in [0.2, 0.25) is 5.91 Å². The second kappa shape index (κ2) is 9.89. The molecule has 1 amide bonds. The van der Waals surface area contributed by atoms with Crippen LogP contribution in [0.2, 0.25) is 0 Å². The Kier molecular flexibility index (Phi) is 7.02. The summed E-state index contributed by atoms with van der Waals surface area (Å²) in [6, 6.07) is 12.5. The Balaban J connectivity index is 1.49. The van der Waals surface area contributed by atoms with Crippen LogP contribution in [0.3, 0.4) is 0 Å². The fourth-order valence-electron chi connectivity index (χ4n) is 2.47. The largest absolute Gasteiger partial charge is 0.486 e. The van der Waals surface area contributed by atoms with Crippen molar-refractivity contribution in [3.05, 3.63) is 42.5 Å². The SMILES string of the molecule is CCOC(=O)COc1cccc(NC(=O)CSc2ccc3c(c2)OCCO3)c1. The van der Waals surface area contributed by atoms with E-state index in [1.165, 1.54) is 11.8 Å². The summed E-state index contributed by atoms with van der Waals surface area (Å²) in [5, 5.41) is 2.82. The first-order chi connectivity index (χ1) is 13.6. The van der Waals surface area contributed by atoms with Crippen molar-refractivity contribution in [1.82, 2.24) is 0 Å². The van der Waals surface area contributed by atoms with E-state index in [2.05, 4.69) is 5.32 Å². The van der Waals surface area contributed by atoms with E-state index in [0.29, 0.717) is 37.0 Å². The summed E-state index contributed by atoms with van der Waals surface area (Å²) in [6.07, 6.45) is 0. The van der Waals surface area contributed by atoms with E-state index in [1.807, 2.05) is 18.2 Å². The minimum atomic E-state index is -0.437. The van der Waals surface area contributed by atoms with Gasteiger partial charge in [0.25, 0.3) is 0 Å². The van der Waals surface area contributed by atoms with Crippen molar-refractivity contribution >= 4 is 29.3 Å². The Morgan fingerprint density at radius 2 is 1.93 bits per heavy atom. The molecule has 0 saturated carbocycles. The van der Waals surface area contributed by atoms with E-state index < -0.39 is 5.97 Å². The Bertz CT molecular complexity index is 841. The molecule has 2 aromatic rings. The summed E-state index contributed by atoms with van der Waals surface area (Å²) in [5.41, 5.74) is 0.592. The van der Waals surface area contributed by atoms with Gasteiger partial charge in [-0.05, 0) is 37.3 Å². The zero-order valence-electron chi connectivity index (χ0n) is 15.4. The number of benzene rings is 2. The number of ether oxygens (including phenoxy) is 4. The Morgan fingerprint density at radius 1 is 1.11 bits per heavy atom. The number of hydrogen-bond acceptors (Lipinski definition) is 7. The van der Waals surface area contributed by atoms with Gasteiger partial charge < -0.3 is 24.3 Å². The van der Waals surface area contributed by atoms with E-state index >= 15 is 0 Å². The molecule has 0 radical (unpaired) electrons. The minimum Gasteiger partial charge on any atom is -0.486 e. The zero-order chi connectivity index (χ0) is 19.8. The molecule has 1 heterocycles. The van der Waals surface area contributed by atoms with Gasteiger partial charge in [-0.15, -0.1) is 11.8 Å². The molecule has 0 aliphatic carbocycles. The number of nitrogens with one attached hydrogen (secondary N) is 1. The van der Waals surface area contributed by atoms with Gasteiger partial charge in [0, 0.05) is 16.6 Å². The lowest BCUT2D eigenvalue weighted by Crippen LogP contribution is -2.16. The van der Waals surface area contributed by atoms with Gasteiger partial charge in [0.1, 0.15) is 19.0 Å². The molecule has 0 spiro atoms. The molecule has 0 bridgehead atoms. The van der Waals surface area contributed by atoms with Crippen LogP contribution >= 0.6 is 11.8 Å².